The summed E-state index contributed by atoms with van der Waals surface area (Å²) in [6.07, 6.45) is -0.810. The van der Waals surface area contributed by atoms with E-state index in [1.165, 1.54) is 42.5 Å². The number of esters is 1. The maximum absolute atomic E-state index is 12.7. The van der Waals surface area contributed by atoms with E-state index >= 15 is 0 Å². The first-order valence-electron chi connectivity index (χ1n) is 12.0. The number of carboxylic acid groups (broad SMARTS) is 2. The molecule has 0 aliphatic carbocycles. The summed E-state index contributed by atoms with van der Waals surface area (Å²) in [5.74, 6) is -6.31. The molecule has 0 unspecified atom stereocenters. The summed E-state index contributed by atoms with van der Waals surface area (Å²) in [6.45, 7) is -1.14. The summed E-state index contributed by atoms with van der Waals surface area (Å²) in [5, 5.41) is 30.1. The number of halogens is 2. The molecule has 3 aromatic carbocycles. The molecule has 43 heavy (non-hydrogen) atoms. The van der Waals surface area contributed by atoms with Crippen molar-refractivity contribution in [2.24, 2.45) is 0 Å². The Kier molecular flexibility index (Phi) is 10.8. The molecule has 1 atom stereocenters. The van der Waals surface area contributed by atoms with Gasteiger partial charge in [0.05, 0.1) is 26.9 Å². The van der Waals surface area contributed by atoms with Crippen molar-refractivity contribution in [3.63, 3.8) is 0 Å². The number of benzene rings is 3. The first kappa shape index (κ1) is 33.0. The van der Waals surface area contributed by atoms with Gasteiger partial charge in [-0.15, -0.1) is 0 Å². The molecule has 0 bridgehead atoms. The number of nitrogens with one attached hydrogen (secondary N) is 2. The Bertz CT molecular complexity index is 1670. The van der Waals surface area contributed by atoms with Gasteiger partial charge in [-0.3, -0.25) is 14.4 Å². The van der Waals surface area contributed by atoms with Crippen molar-refractivity contribution in [2.75, 3.05) is 6.61 Å². The summed E-state index contributed by atoms with van der Waals surface area (Å²) >= 11 is 11.9. The molecule has 0 radical (unpaired) electrons. The fourth-order valence-electron chi connectivity index (χ4n) is 3.55. The van der Waals surface area contributed by atoms with E-state index in [9.17, 15) is 42.6 Å². The predicted molar refractivity (Wildman–Crippen MR) is 151 cm³/mol. The molecule has 5 N–H and O–H groups in total. The predicted octanol–water partition coefficient (Wildman–Crippen LogP) is 2.87. The minimum atomic E-state index is -4.18. The lowest BCUT2D eigenvalue weighted by atomic mass is 10.1. The average Bonchev–Trinajstić information content (AvgIpc) is 2.94. The van der Waals surface area contributed by atoms with Gasteiger partial charge < -0.3 is 25.4 Å². The lowest BCUT2D eigenvalue weighted by molar-refractivity contribution is -0.139. The van der Waals surface area contributed by atoms with Gasteiger partial charge in [0.1, 0.15) is 17.4 Å². The minimum Gasteiger partial charge on any atom is -0.507 e. The van der Waals surface area contributed by atoms with Crippen LogP contribution in [-0.4, -0.2) is 66.0 Å². The highest BCUT2D eigenvalue weighted by molar-refractivity contribution is 7.89. The van der Waals surface area contributed by atoms with E-state index < -0.39 is 74.9 Å². The fourth-order valence-corrected chi connectivity index (χ4v) is 5.15. The average molecular weight is 653 g/mol. The number of rotatable bonds is 13. The standard InChI is InChI=1S/C27H22Cl2N2O11S/c28-18-2-1-3-19(29)24(18)27(39)42-13-22(33)20(11-23(34)35)31-25(36)15-6-4-14(5-7-15)12-30-43(40,41)16-8-9-21(32)17(10-16)26(37)38/h1-10,20,30,32H,11-13H2,(H,31,36)(H,34,35)(H,37,38)/t20-/m0/s1. The van der Waals surface area contributed by atoms with Crippen molar-refractivity contribution in [1.29, 1.82) is 0 Å². The van der Waals surface area contributed by atoms with Gasteiger partial charge in [0.2, 0.25) is 10.0 Å². The smallest absolute Gasteiger partial charge is 0.341 e. The maximum Gasteiger partial charge on any atom is 0.341 e. The second-order valence-corrected chi connectivity index (χ2v) is 11.3. The Morgan fingerprint density at radius 2 is 1.53 bits per heavy atom. The fraction of sp³-hybridized carbons (Fsp3) is 0.148. The van der Waals surface area contributed by atoms with E-state index in [-0.39, 0.29) is 27.7 Å². The molecule has 0 spiro atoms. The zero-order chi connectivity index (χ0) is 31.9. The van der Waals surface area contributed by atoms with E-state index in [4.69, 9.17) is 33.0 Å². The maximum atomic E-state index is 12.7. The van der Waals surface area contributed by atoms with E-state index in [1.54, 1.807) is 0 Å². The van der Waals surface area contributed by atoms with Crippen molar-refractivity contribution in [3.8, 4) is 5.75 Å². The van der Waals surface area contributed by atoms with Crippen LogP contribution < -0.4 is 10.0 Å². The van der Waals surface area contributed by atoms with Gasteiger partial charge in [-0.2, -0.15) is 0 Å². The lowest BCUT2D eigenvalue weighted by Crippen LogP contribution is -2.44. The van der Waals surface area contributed by atoms with Crippen LogP contribution in [0.2, 0.25) is 10.0 Å². The van der Waals surface area contributed by atoms with Gasteiger partial charge in [-0.1, -0.05) is 41.4 Å². The Hall–Kier alpha value is -4.50. The van der Waals surface area contributed by atoms with Gasteiger partial charge in [0.25, 0.3) is 5.91 Å². The van der Waals surface area contributed by atoms with E-state index in [0.717, 1.165) is 18.2 Å². The minimum absolute atomic E-state index is 0.000672. The van der Waals surface area contributed by atoms with Crippen LogP contribution in [-0.2, 0) is 30.9 Å². The second-order valence-electron chi connectivity index (χ2n) is 8.77. The highest BCUT2D eigenvalue weighted by Crippen LogP contribution is 2.25. The van der Waals surface area contributed by atoms with Crippen LogP contribution in [0, 0.1) is 0 Å². The number of Topliss-reactive ketones (excluding diaryl/α,β-unsaturated/α-hetero) is 1. The van der Waals surface area contributed by atoms with Crippen molar-refractivity contribution in [2.45, 2.75) is 23.9 Å². The van der Waals surface area contributed by atoms with E-state index in [1.807, 2.05) is 0 Å². The van der Waals surface area contributed by atoms with Crippen LogP contribution >= 0.6 is 23.2 Å². The van der Waals surface area contributed by atoms with Crippen LogP contribution in [0.4, 0.5) is 0 Å². The Morgan fingerprint density at radius 1 is 0.907 bits per heavy atom. The molecule has 0 heterocycles. The number of ketones is 1. The van der Waals surface area contributed by atoms with Crippen LogP contribution in [0.15, 0.2) is 65.6 Å². The first-order chi connectivity index (χ1) is 20.2. The summed E-state index contributed by atoms with van der Waals surface area (Å²) in [7, 11) is -4.18. The third kappa shape index (κ3) is 8.75. The quantitative estimate of drug-likeness (QED) is 0.169. The number of aromatic hydroxyl groups is 1. The molecule has 16 heteroatoms. The molecule has 0 aliphatic heterocycles. The number of hydrogen-bond donors (Lipinski definition) is 5. The number of phenols is 1. The topological polar surface area (TPSA) is 213 Å². The number of aromatic carboxylic acids is 1. The van der Waals surface area contributed by atoms with Crippen molar-refractivity contribution in [1.82, 2.24) is 10.0 Å². The molecule has 0 saturated heterocycles. The molecule has 0 aromatic heterocycles. The van der Waals surface area contributed by atoms with Crippen LogP contribution in [0.5, 0.6) is 5.75 Å². The number of aliphatic carboxylic acids is 1. The highest BCUT2D eigenvalue weighted by atomic mass is 35.5. The number of carboxylic acids is 2. The summed E-state index contributed by atoms with van der Waals surface area (Å²) in [4.78, 5) is 59.8. The molecule has 0 saturated carbocycles. The third-order valence-corrected chi connectivity index (χ3v) is 7.81. The summed E-state index contributed by atoms with van der Waals surface area (Å²) in [6, 6.07) is 10.8. The normalized spacial score (nSPS) is 11.8. The monoisotopic (exact) mass is 652 g/mol. The van der Waals surface area contributed by atoms with Crippen LogP contribution in [0.3, 0.4) is 0 Å². The molecule has 13 nitrogen and oxygen atoms in total. The molecule has 1 amide bonds. The number of carbonyl (C=O) groups excluding carboxylic acids is 3. The van der Waals surface area contributed by atoms with E-state index in [0.29, 0.717) is 5.56 Å². The highest BCUT2D eigenvalue weighted by Gasteiger charge is 2.26. The SMILES string of the molecule is O=C(O)C[C@H](NC(=O)c1ccc(CNS(=O)(=O)c2ccc(O)c(C(=O)O)c2)cc1)C(=O)COC(=O)c1c(Cl)cccc1Cl. The summed E-state index contributed by atoms with van der Waals surface area (Å²) < 4.78 is 32.3. The first-order valence-corrected chi connectivity index (χ1v) is 14.2. The van der Waals surface area contributed by atoms with Crippen LogP contribution in [0.1, 0.15) is 43.1 Å². The molecule has 0 fully saturated rings. The van der Waals surface area contributed by atoms with E-state index in [2.05, 4.69) is 10.0 Å². The van der Waals surface area contributed by atoms with Crippen LogP contribution in [0.25, 0.3) is 0 Å². The Labute approximate surface area is 254 Å². The number of sulfonamides is 1. The van der Waals surface area contributed by atoms with Crippen molar-refractivity contribution >= 4 is 62.8 Å². The number of hydrogen-bond acceptors (Lipinski definition) is 9. The zero-order valence-electron chi connectivity index (χ0n) is 21.7. The molecular formula is C27H22Cl2N2O11S. The zero-order valence-corrected chi connectivity index (χ0v) is 24.1. The van der Waals surface area contributed by atoms with Gasteiger partial charge >= 0.3 is 17.9 Å². The van der Waals surface area contributed by atoms with Gasteiger partial charge in [0.15, 0.2) is 12.4 Å². The Balaban J connectivity index is 1.63. The Morgan fingerprint density at radius 3 is 2.12 bits per heavy atom. The number of ether oxygens (including phenoxy) is 1. The molecule has 0 aliphatic rings. The molecule has 3 rings (SSSR count). The van der Waals surface area contributed by atoms with Gasteiger partial charge in [-0.05, 0) is 48.0 Å². The third-order valence-electron chi connectivity index (χ3n) is 5.78. The molecular weight excluding hydrogens is 631 g/mol. The lowest BCUT2D eigenvalue weighted by Gasteiger charge is -2.16. The number of amides is 1. The second kappa shape index (κ2) is 14.1. The van der Waals surface area contributed by atoms with Crippen molar-refractivity contribution < 1.29 is 52.4 Å². The van der Waals surface area contributed by atoms with Gasteiger partial charge in [0, 0.05) is 12.1 Å². The number of carbonyl (C=O) groups is 5. The largest absolute Gasteiger partial charge is 0.507 e. The summed E-state index contributed by atoms with van der Waals surface area (Å²) in [5.41, 5.74) is -0.395. The molecule has 226 valence electrons. The van der Waals surface area contributed by atoms with Gasteiger partial charge in [-0.25, -0.2) is 22.7 Å². The van der Waals surface area contributed by atoms with Crippen molar-refractivity contribution in [3.05, 3.63) is 93.0 Å². The molecule has 3 aromatic rings.